The lowest BCUT2D eigenvalue weighted by molar-refractivity contribution is 0.151. The second-order valence-electron chi connectivity index (χ2n) is 4.47. The number of nitrogens with zero attached hydrogens (tertiary/aromatic N) is 1. The molecule has 0 aromatic heterocycles. The van der Waals surface area contributed by atoms with Crippen molar-refractivity contribution >= 4 is 0 Å². The largest absolute Gasteiger partial charge is 0.385 e. The van der Waals surface area contributed by atoms with Crippen molar-refractivity contribution in [3.63, 3.8) is 0 Å². The van der Waals surface area contributed by atoms with Gasteiger partial charge in [0.25, 0.3) is 0 Å². The van der Waals surface area contributed by atoms with Crippen molar-refractivity contribution in [2.24, 2.45) is 0 Å². The van der Waals surface area contributed by atoms with Gasteiger partial charge in [0.05, 0.1) is 5.60 Å². The molecule has 2 heteroatoms. The van der Waals surface area contributed by atoms with Crippen LogP contribution in [0.2, 0.25) is 0 Å². The Labute approximate surface area is 85.2 Å². The van der Waals surface area contributed by atoms with Crippen LogP contribution < -0.4 is 0 Å². The van der Waals surface area contributed by atoms with Crippen molar-refractivity contribution in [1.82, 2.24) is 4.90 Å². The molecule has 1 aromatic rings. The molecule has 0 spiro atoms. The summed E-state index contributed by atoms with van der Waals surface area (Å²) in [5, 5.41) is 9.95. The van der Waals surface area contributed by atoms with Gasteiger partial charge >= 0.3 is 0 Å². The van der Waals surface area contributed by atoms with E-state index in [0.717, 1.165) is 24.9 Å². The lowest BCUT2D eigenvalue weighted by Gasteiger charge is -2.13. The molecule has 14 heavy (non-hydrogen) atoms. The van der Waals surface area contributed by atoms with E-state index in [1.165, 1.54) is 5.56 Å². The SMILES string of the molecule is CN(C)Cc1cccc(C2(O)CC2)c1. The maximum Gasteiger partial charge on any atom is 0.0899 e. The molecule has 1 aliphatic carbocycles. The number of hydrogen-bond acceptors (Lipinski definition) is 2. The normalized spacial score (nSPS) is 18.6. The molecule has 0 aliphatic heterocycles. The van der Waals surface area contributed by atoms with Crippen molar-refractivity contribution in [1.29, 1.82) is 0 Å². The van der Waals surface area contributed by atoms with E-state index in [0.29, 0.717) is 0 Å². The molecule has 2 nitrogen and oxygen atoms in total. The second-order valence-corrected chi connectivity index (χ2v) is 4.47. The molecule has 0 bridgehead atoms. The minimum absolute atomic E-state index is 0.498. The number of rotatable bonds is 3. The van der Waals surface area contributed by atoms with Gasteiger partial charge in [-0.1, -0.05) is 24.3 Å². The van der Waals surface area contributed by atoms with Crippen molar-refractivity contribution in [3.05, 3.63) is 35.4 Å². The topological polar surface area (TPSA) is 23.5 Å². The summed E-state index contributed by atoms with van der Waals surface area (Å²) in [5.41, 5.74) is 1.85. The first-order valence-electron chi connectivity index (χ1n) is 5.07. The molecular formula is C12H17NO. The standard InChI is InChI=1S/C12H17NO/c1-13(2)9-10-4-3-5-11(8-10)12(14)6-7-12/h3-5,8,14H,6-7,9H2,1-2H3. The minimum Gasteiger partial charge on any atom is -0.385 e. The zero-order valence-electron chi connectivity index (χ0n) is 8.83. The fourth-order valence-electron chi connectivity index (χ4n) is 1.73. The molecule has 0 heterocycles. The second kappa shape index (κ2) is 3.37. The van der Waals surface area contributed by atoms with Gasteiger partial charge in [0.1, 0.15) is 0 Å². The third kappa shape index (κ3) is 1.97. The van der Waals surface area contributed by atoms with Crippen LogP contribution in [0.1, 0.15) is 24.0 Å². The van der Waals surface area contributed by atoms with Crippen LogP contribution in [0.4, 0.5) is 0 Å². The van der Waals surface area contributed by atoms with Gasteiger partial charge in [-0.15, -0.1) is 0 Å². The molecule has 0 saturated heterocycles. The lowest BCUT2D eigenvalue weighted by atomic mass is 10.0. The highest BCUT2D eigenvalue weighted by Gasteiger charge is 2.41. The van der Waals surface area contributed by atoms with Crippen LogP contribution in [0.15, 0.2) is 24.3 Å². The Morgan fingerprint density at radius 1 is 1.36 bits per heavy atom. The Hall–Kier alpha value is -0.860. The van der Waals surface area contributed by atoms with Gasteiger partial charge in [-0.05, 0) is 38.1 Å². The number of aliphatic hydroxyl groups is 1. The highest BCUT2D eigenvalue weighted by Crippen LogP contribution is 2.45. The Morgan fingerprint density at radius 3 is 2.64 bits per heavy atom. The molecule has 76 valence electrons. The fourth-order valence-corrected chi connectivity index (χ4v) is 1.73. The van der Waals surface area contributed by atoms with E-state index >= 15 is 0 Å². The van der Waals surface area contributed by atoms with Crippen LogP contribution in [0.5, 0.6) is 0 Å². The maximum absolute atomic E-state index is 9.95. The van der Waals surface area contributed by atoms with Crippen molar-refractivity contribution in [3.8, 4) is 0 Å². The third-order valence-corrected chi connectivity index (χ3v) is 2.69. The summed E-state index contributed by atoms with van der Waals surface area (Å²) in [5.74, 6) is 0. The predicted molar refractivity (Wildman–Crippen MR) is 57.0 cm³/mol. The first-order valence-corrected chi connectivity index (χ1v) is 5.07. The lowest BCUT2D eigenvalue weighted by Crippen LogP contribution is -2.12. The van der Waals surface area contributed by atoms with Crippen LogP contribution in [0, 0.1) is 0 Å². The van der Waals surface area contributed by atoms with E-state index in [-0.39, 0.29) is 0 Å². The Morgan fingerprint density at radius 2 is 2.07 bits per heavy atom. The Balaban J connectivity index is 2.19. The summed E-state index contributed by atoms with van der Waals surface area (Å²) < 4.78 is 0. The van der Waals surface area contributed by atoms with E-state index in [1.807, 2.05) is 12.1 Å². The van der Waals surface area contributed by atoms with Gasteiger partial charge in [0, 0.05) is 6.54 Å². The van der Waals surface area contributed by atoms with Crippen LogP contribution in [-0.4, -0.2) is 24.1 Å². The van der Waals surface area contributed by atoms with Crippen molar-refractivity contribution in [2.45, 2.75) is 25.0 Å². The van der Waals surface area contributed by atoms with E-state index in [2.05, 4.69) is 31.1 Å². The Kier molecular flexibility index (Phi) is 2.33. The van der Waals surface area contributed by atoms with Gasteiger partial charge in [-0.3, -0.25) is 0 Å². The van der Waals surface area contributed by atoms with E-state index in [1.54, 1.807) is 0 Å². The molecule has 1 N–H and O–H groups in total. The highest BCUT2D eigenvalue weighted by molar-refractivity contribution is 5.31. The monoisotopic (exact) mass is 191 g/mol. The third-order valence-electron chi connectivity index (χ3n) is 2.69. The summed E-state index contributed by atoms with van der Waals surface area (Å²) in [6.45, 7) is 0.934. The molecule has 0 atom stereocenters. The highest BCUT2D eigenvalue weighted by atomic mass is 16.3. The van der Waals surface area contributed by atoms with Crippen LogP contribution in [0.25, 0.3) is 0 Å². The number of benzene rings is 1. The average molecular weight is 191 g/mol. The molecule has 0 radical (unpaired) electrons. The molecule has 0 unspecified atom stereocenters. The van der Waals surface area contributed by atoms with Crippen molar-refractivity contribution in [2.75, 3.05) is 14.1 Å². The average Bonchev–Trinajstić information content (AvgIpc) is 2.84. The molecular weight excluding hydrogens is 174 g/mol. The Bertz CT molecular complexity index is 329. The minimum atomic E-state index is -0.498. The predicted octanol–water partition coefficient (Wildman–Crippen LogP) is 1.73. The summed E-state index contributed by atoms with van der Waals surface area (Å²) >= 11 is 0. The molecule has 1 aliphatic rings. The zero-order chi connectivity index (χ0) is 10.2. The first-order chi connectivity index (χ1) is 6.60. The van der Waals surface area contributed by atoms with Gasteiger partial charge < -0.3 is 10.0 Å². The summed E-state index contributed by atoms with van der Waals surface area (Å²) in [4.78, 5) is 2.13. The van der Waals surface area contributed by atoms with Gasteiger partial charge in [0.15, 0.2) is 0 Å². The smallest absolute Gasteiger partial charge is 0.0899 e. The van der Waals surface area contributed by atoms with Gasteiger partial charge in [0.2, 0.25) is 0 Å². The van der Waals surface area contributed by atoms with E-state index < -0.39 is 5.60 Å². The maximum atomic E-state index is 9.95. The molecule has 0 amide bonds. The van der Waals surface area contributed by atoms with E-state index in [9.17, 15) is 5.11 Å². The first kappa shape index (κ1) is 9.69. The molecule has 1 saturated carbocycles. The van der Waals surface area contributed by atoms with E-state index in [4.69, 9.17) is 0 Å². The van der Waals surface area contributed by atoms with Crippen LogP contribution in [0.3, 0.4) is 0 Å². The zero-order valence-corrected chi connectivity index (χ0v) is 8.83. The molecule has 2 rings (SSSR count). The fraction of sp³-hybridized carbons (Fsp3) is 0.500. The van der Waals surface area contributed by atoms with Crippen LogP contribution >= 0.6 is 0 Å². The number of hydrogen-bond donors (Lipinski definition) is 1. The van der Waals surface area contributed by atoms with Crippen molar-refractivity contribution < 1.29 is 5.11 Å². The summed E-state index contributed by atoms with van der Waals surface area (Å²) in [6, 6.07) is 8.28. The molecule has 1 fully saturated rings. The van der Waals surface area contributed by atoms with Gasteiger partial charge in [-0.25, -0.2) is 0 Å². The summed E-state index contributed by atoms with van der Waals surface area (Å²) in [7, 11) is 4.11. The summed E-state index contributed by atoms with van der Waals surface area (Å²) in [6.07, 6.45) is 1.83. The van der Waals surface area contributed by atoms with Gasteiger partial charge in [-0.2, -0.15) is 0 Å². The quantitative estimate of drug-likeness (QED) is 0.786. The molecule has 1 aromatic carbocycles. The van der Waals surface area contributed by atoms with Crippen LogP contribution in [-0.2, 0) is 12.1 Å².